The van der Waals surface area contributed by atoms with Gasteiger partial charge >= 0.3 is 5.97 Å². The number of unbranched alkanes of at least 4 members (excludes halogenated alkanes) is 1. The van der Waals surface area contributed by atoms with E-state index in [4.69, 9.17) is 0 Å². The molecule has 2 unspecified atom stereocenters. The zero-order chi connectivity index (χ0) is 21.2. The Kier molecular flexibility index (Phi) is 7.16. The second-order valence-corrected chi connectivity index (χ2v) is 11.5. The minimum atomic E-state index is -0.670. The number of Topliss-reactive ketones (excluding diaryl/α,β-unsaturated/α-hetero) is 1. The van der Waals surface area contributed by atoms with Crippen LogP contribution < -0.4 is 0 Å². The summed E-state index contributed by atoms with van der Waals surface area (Å²) in [6.07, 6.45) is 14.0. The van der Waals surface area contributed by atoms with Crippen molar-refractivity contribution in [1.29, 1.82) is 0 Å². The number of hydrogen-bond donors (Lipinski definition) is 1. The van der Waals surface area contributed by atoms with Crippen LogP contribution in [0.4, 0.5) is 0 Å². The molecule has 166 valence electrons. The van der Waals surface area contributed by atoms with E-state index < -0.39 is 5.97 Å². The minimum Gasteiger partial charge on any atom is -0.481 e. The van der Waals surface area contributed by atoms with Crippen molar-refractivity contribution in [2.45, 2.75) is 111 Å². The summed E-state index contributed by atoms with van der Waals surface area (Å²) >= 11 is 0. The molecule has 0 radical (unpaired) electrons. The lowest BCUT2D eigenvalue weighted by Crippen LogP contribution is -2.50. The second-order valence-electron chi connectivity index (χ2n) is 11.5. The van der Waals surface area contributed by atoms with E-state index in [0.717, 1.165) is 37.5 Å². The van der Waals surface area contributed by atoms with Crippen molar-refractivity contribution in [1.82, 2.24) is 0 Å². The molecular weight excluding hydrogens is 360 g/mol. The fourth-order valence-corrected chi connectivity index (χ4v) is 7.69. The van der Waals surface area contributed by atoms with Gasteiger partial charge in [0.25, 0.3) is 0 Å². The molecule has 3 heteroatoms. The SMILES string of the molecule is CC(C)CCCC[C@H]1CCC2[C@H](CC(=O)O)C([C@@]3(C)CCCCC3=O)CC[C@@]21C. The van der Waals surface area contributed by atoms with E-state index >= 15 is 0 Å². The molecule has 0 spiro atoms. The smallest absolute Gasteiger partial charge is 0.303 e. The van der Waals surface area contributed by atoms with Crippen LogP contribution in [-0.2, 0) is 9.59 Å². The van der Waals surface area contributed by atoms with Gasteiger partial charge in [-0.15, -0.1) is 0 Å². The van der Waals surface area contributed by atoms with E-state index in [-0.39, 0.29) is 29.1 Å². The van der Waals surface area contributed by atoms with Crippen molar-refractivity contribution in [2.75, 3.05) is 0 Å². The molecule has 0 amide bonds. The number of carboxylic acid groups (broad SMARTS) is 1. The van der Waals surface area contributed by atoms with Gasteiger partial charge in [0.15, 0.2) is 0 Å². The van der Waals surface area contributed by atoms with Gasteiger partial charge in [0.05, 0.1) is 0 Å². The first-order chi connectivity index (χ1) is 13.7. The Labute approximate surface area is 178 Å². The molecule has 0 aromatic rings. The van der Waals surface area contributed by atoms with Crippen LogP contribution in [0.25, 0.3) is 0 Å². The largest absolute Gasteiger partial charge is 0.481 e. The van der Waals surface area contributed by atoms with Crippen LogP contribution in [-0.4, -0.2) is 16.9 Å². The Bertz CT molecular complexity index is 597. The van der Waals surface area contributed by atoms with E-state index in [9.17, 15) is 14.7 Å². The van der Waals surface area contributed by atoms with Crippen LogP contribution in [0.15, 0.2) is 0 Å². The highest BCUT2D eigenvalue weighted by Crippen LogP contribution is 2.64. The van der Waals surface area contributed by atoms with E-state index in [1.165, 1.54) is 44.9 Å². The molecule has 0 aliphatic heterocycles. The summed E-state index contributed by atoms with van der Waals surface area (Å²) in [6.45, 7) is 9.25. The predicted molar refractivity (Wildman–Crippen MR) is 118 cm³/mol. The molecule has 3 rings (SSSR count). The number of fused-ring (bicyclic) bond motifs is 1. The van der Waals surface area contributed by atoms with Gasteiger partial charge in [0, 0.05) is 18.3 Å². The number of aliphatic carboxylic acids is 1. The second kappa shape index (κ2) is 9.10. The van der Waals surface area contributed by atoms with E-state index in [2.05, 4.69) is 27.7 Å². The summed E-state index contributed by atoms with van der Waals surface area (Å²) in [4.78, 5) is 24.8. The molecule has 0 aromatic carbocycles. The van der Waals surface area contributed by atoms with Crippen LogP contribution in [0.2, 0.25) is 0 Å². The number of carbonyl (C=O) groups is 2. The normalized spacial score (nSPS) is 40.2. The number of rotatable bonds is 8. The van der Waals surface area contributed by atoms with Crippen molar-refractivity contribution in [2.24, 2.45) is 40.4 Å². The zero-order valence-electron chi connectivity index (χ0n) is 19.3. The predicted octanol–water partition coefficient (Wildman–Crippen LogP) is 6.89. The first-order valence-electron chi connectivity index (χ1n) is 12.4. The van der Waals surface area contributed by atoms with Crippen LogP contribution in [0.3, 0.4) is 0 Å². The highest BCUT2D eigenvalue weighted by atomic mass is 16.4. The van der Waals surface area contributed by atoms with Gasteiger partial charge in [-0.3, -0.25) is 9.59 Å². The Balaban J connectivity index is 1.76. The van der Waals surface area contributed by atoms with Crippen LogP contribution in [0.5, 0.6) is 0 Å². The van der Waals surface area contributed by atoms with Crippen LogP contribution >= 0.6 is 0 Å². The minimum absolute atomic E-state index is 0.180. The quantitative estimate of drug-likeness (QED) is 0.448. The Morgan fingerprint density at radius 3 is 2.48 bits per heavy atom. The lowest BCUT2D eigenvalue weighted by Gasteiger charge is -2.54. The molecule has 0 bridgehead atoms. The van der Waals surface area contributed by atoms with E-state index in [0.29, 0.717) is 18.1 Å². The molecule has 3 fully saturated rings. The molecule has 3 aliphatic rings. The molecule has 0 saturated heterocycles. The van der Waals surface area contributed by atoms with Crippen molar-refractivity contribution in [3.63, 3.8) is 0 Å². The van der Waals surface area contributed by atoms with Crippen molar-refractivity contribution >= 4 is 11.8 Å². The van der Waals surface area contributed by atoms with Gasteiger partial charge in [-0.25, -0.2) is 0 Å². The maximum atomic E-state index is 13.0. The molecule has 3 aliphatic carbocycles. The Morgan fingerprint density at radius 1 is 1.07 bits per heavy atom. The Hall–Kier alpha value is -0.860. The first-order valence-corrected chi connectivity index (χ1v) is 12.4. The van der Waals surface area contributed by atoms with Crippen molar-refractivity contribution < 1.29 is 14.7 Å². The number of ketones is 1. The molecule has 3 saturated carbocycles. The summed E-state index contributed by atoms with van der Waals surface area (Å²) in [5.74, 6) is 2.20. The van der Waals surface area contributed by atoms with Gasteiger partial charge < -0.3 is 5.11 Å². The lowest BCUT2D eigenvalue weighted by molar-refractivity contribution is -0.149. The average molecular weight is 405 g/mol. The molecule has 0 aromatic heterocycles. The van der Waals surface area contributed by atoms with Gasteiger partial charge in [0.1, 0.15) is 5.78 Å². The van der Waals surface area contributed by atoms with Crippen molar-refractivity contribution in [3.05, 3.63) is 0 Å². The van der Waals surface area contributed by atoms with Gasteiger partial charge in [0.2, 0.25) is 0 Å². The van der Waals surface area contributed by atoms with Gasteiger partial charge in [-0.1, -0.05) is 53.4 Å². The maximum Gasteiger partial charge on any atom is 0.303 e. The maximum absolute atomic E-state index is 13.0. The number of hydrogen-bond acceptors (Lipinski definition) is 2. The fourth-order valence-electron chi connectivity index (χ4n) is 7.69. The van der Waals surface area contributed by atoms with E-state index in [1.54, 1.807) is 0 Å². The number of carboxylic acids is 1. The monoisotopic (exact) mass is 404 g/mol. The molecule has 29 heavy (non-hydrogen) atoms. The third-order valence-corrected chi connectivity index (χ3v) is 9.43. The highest BCUT2D eigenvalue weighted by molar-refractivity contribution is 5.85. The lowest BCUT2D eigenvalue weighted by atomic mass is 9.50. The number of carbonyl (C=O) groups excluding carboxylic acids is 1. The third-order valence-electron chi connectivity index (χ3n) is 9.43. The average Bonchev–Trinajstić information content (AvgIpc) is 2.98. The summed E-state index contributed by atoms with van der Waals surface area (Å²) in [5, 5.41) is 9.74. The Morgan fingerprint density at radius 2 is 1.83 bits per heavy atom. The molecule has 3 nitrogen and oxygen atoms in total. The first kappa shape index (κ1) is 22.8. The molecular formula is C26H44O3. The van der Waals surface area contributed by atoms with Gasteiger partial charge in [-0.2, -0.15) is 0 Å². The highest BCUT2D eigenvalue weighted by Gasteiger charge is 2.58. The van der Waals surface area contributed by atoms with Crippen molar-refractivity contribution in [3.8, 4) is 0 Å². The summed E-state index contributed by atoms with van der Waals surface area (Å²) in [7, 11) is 0. The van der Waals surface area contributed by atoms with Crippen LogP contribution in [0.1, 0.15) is 111 Å². The summed E-state index contributed by atoms with van der Waals surface area (Å²) in [6, 6.07) is 0. The fraction of sp³-hybridized carbons (Fsp3) is 0.923. The topological polar surface area (TPSA) is 54.4 Å². The summed E-state index contributed by atoms with van der Waals surface area (Å²) in [5.41, 5.74) is -0.00241. The third kappa shape index (κ3) is 4.59. The van der Waals surface area contributed by atoms with E-state index in [1.807, 2.05) is 0 Å². The van der Waals surface area contributed by atoms with Gasteiger partial charge in [-0.05, 0) is 80.0 Å². The summed E-state index contributed by atoms with van der Waals surface area (Å²) < 4.78 is 0. The molecule has 6 atom stereocenters. The standard InChI is InChI=1S/C26H44O3/c1-18(2)9-5-6-10-19-12-13-21-20(17-24(28)29)22(14-16-25(19,21)3)26(4)15-8-7-11-23(26)27/h18-22H,5-17H2,1-4H3,(H,28,29)/t19-,20-,21?,22?,25+,26+/m0/s1. The zero-order valence-corrected chi connectivity index (χ0v) is 19.3. The molecule has 1 N–H and O–H groups in total. The molecule has 0 heterocycles. The van der Waals surface area contributed by atoms with Crippen LogP contribution in [0, 0.1) is 40.4 Å².